The molecule has 0 aromatic carbocycles. The van der Waals surface area contributed by atoms with Gasteiger partial charge in [-0.2, -0.15) is 5.10 Å². The summed E-state index contributed by atoms with van der Waals surface area (Å²) in [5.74, 6) is -0.0268. The molecular weight excluding hydrogens is 338 g/mol. The van der Waals surface area contributed by atoms with E-state index >= 15 is 0 Å². The Labute approximate surface area is 149 Å². The number of hydrogen-bond donors (Lipinski definition) is 0. The Bertz CT molecular complexity index is 859. The van der Waals surface area contributed by atoms with Gasteiger partial charge >= 0.3 is 0 Å². The number of rotatable bonds is 3. The number of carbonyl (C=O) groups excluding carboxylic acids is 1. The summed E-state index contributed by atoms with van der Waals surface area (Å²) in [6.07, 6.45) is 5.98. The zero-order valence-electron chi connectivity index (χ0n) is 14.3. The third kappa shape index (κ3) is 3.10. The normalized spacial score (nSPS) is 19.9. The molecule has 1 aliphatic heterocycles. The second-order valence-corrected chi connectivity index (χ2v) is 7.58. The fraction of sp³-hybridized carbons (Fsp3) is 0.588. The Kier molecular flexibility index (Phi) is 4.37. The summed E-state index contributed by atoms with van der Waals surface area (Å²) >= 11 is 1.14. The van der Waals surface area contributed by atoms with Gasteiger partial charge in [-0.05, 0) is 62.5 Å². The lowest BCUT2D eigenvalue weighted by Crippen LogP contribution is -2.41. The second-order valence-electron chi connectivity index (χ2n) is 6.83. The molecule has 1 unspecified atom stereocenters. The molecule has 0 N–H and O–H groups in total. The fourth-order valence-corrected chi connectivity index (χ4v) is 4.40. The van der Waals surface area contributed by atoms with E-state index in [9.17, 15) is 9.59 Å². The van der Waals surface area contributed by atoms with Gasteiger partial charge in [0.25, 0.3) is 11.5 Å². The van der Waals surface area contributed by atoms with Crippen LogP contribution in [-0.2, 0) is 19.4 Å². The van der Waals surface area contributed by atoms with E-state index in [1.54, 1.807) is 17.7 Å². The lowest BCUT2D eigenvalue weighted by molar-refractivity contribution is 0.0724. The molecule has 0 radical (unpaired) electrons. The highest BCUT2D eigenvalue weighted by molar-refractivity contribution is 7.07. The molecule has 25 heavy (non-hydrogen) atoms. The third-order valence-electron chi connectivity index (χ3n) is 5.14. The summed E-state index contributed by atoms with van der Waals surface area (Å²) < 4.78 is 5.42. The van der Waals surface area contributed by atoms with Crippen molar-refractivity contribution in [1.82, 2.24) is 24.3 Å². The first-order valence-corrected chi connectivity index (χ1v) is 9.60. The summed E-state index contributed by atoms with van der Waals surface area (Å²) in [5.41, 5.74) is 2.75. The van der Waals surface area contributed by atoms with Gasteiger partial charge in [0.05, 0.1) is 24.0 Å². The molecule has 0 bridgehead atoms. The summed E-state index contributed by atoms with van der Waals surface area (Å²) in [6, 6.07) is 1.74. The maximum absolute atomic E-state index is 12.8. The van der Waals surface area contributed by atoms with Crippen LogP contribution in [0.15, 0.2) is 10.9 Å². The Morgan fingerprint density at radius 1 is 1.32 bits per heavy atom. The van der Waals surface area contributed by atoms with Gasteiger partial charge in [0, 0.05) is 12.6 Å². The van der Waals surface area contributed by atoms with Gasteiger partial charge in [0.1, 0.15) is 4.88 Å². The van der Waals surface area contributed by atoms with Gasteiger partial charge in [-0.25, -0.2) is 4.68 Å². The van der Waals surface area contributed by atoms with E-state index in [-0.39, 0.29) is 17.5 Å². The summed E-state index contributed by atoms with van der Waals surface area (Å²) in [6.45, 7) is 2.97. The number of aryl methyl sites for hydroxylation is 3. The molecule has 2 aliphatic rings. The van der Waals surface area contributed by atoms with E-state index < -0.39 is 0 Å². The van der Waals surface area contributed by atoms with Crippen LogP contribution in [0, 0.1) is 6.92 Å². The summed E-state index contributed by atoms with van der Waals surface area (Å²) in [7, 11) is 0. The van der Waals surface area contributed by atoms with Crippen molar-refractivity contribution in [3.05, 3.63) is 38.2 Å². The van der Waals surface area contributed by atoms with Gasteiger partial charge in [-0.1, -0.05) is 4.49 Å². The number of fused-ring (bicyclic) bond motifs is 1. The average Bonchev–Trinajstić information content (AvgIpc) is 3.24. The quantitative estimate of drug-likeness (QED) is 0.831. The zero-order chi connectivity index (χ0) is 17.4. The summed E-state index contributed by atoms with van der Waals surface area (Å²) in [5, 5.41) is 8.53. The van der Waals surface area contributed by atoms with Crippen molar-refractivity contribution in [1.29, 1.82) is 0 Å². The van der Waals surface area contributed by atoms with Gasteiger partial charge < -0.3 is 4.90 Å². The number of carbonyl (C=O) groups is 1. The first-order valence-electron chi connectivity index (χ1n) is 8.83. The Hall–Kier alpha value is -2.09. The third-order valence-corrected chi connectivity index (χ3v) is 5.96. The van der Waals surface area contributed by atoms with Gasteiger partial charge in [0.2, 0.25) is 0 Å². The number of aromatic nitrogens is 4. The van der Waals surface area contributed by atoms with E-state index in [1.807, 2.05) is 4.90 Å². The molecule has 1 fully saturated rings. The molecule has 4 rings (SSSR count). The molecular formula is C17H21N5O2S. The van der Waals surface area contributed by atoms with E-state index in [2.05, 4.69) is 14.7 Å². The van der Waals surface area contributed by atoms with Crippen LogP contribution in [0.1, 0.15) is 52.3 Å². The lowest BCUT2D eigenvalue weighted by atomic mass is 9.97. The van der Waals surface area contributed by atoms with Crippen LogP contribution in [-0.4, -0.2) is 42.8 Å². The second kappa shape index (κ2) is 6.67. The van der Waals surface area contributed by atoms with Gasteiger partial charge in [-0.15, -0.1) is 5.10 Å². The van der Waals surface area contributed by atoms with Crippen LogP contribution in [0.4, 0.5) is 0 Å². The standard InChI is InChI=1S/C17H21N5O2S/c1-11-16(25-20-18-11)17(24)21-8-4-6-13(21)10-22-15(23)9-12-5-2-3-7-14(12)19-22/h9,13H,2-8,10H2,1H3. The number of amides is 1. The smallest absolute Gasteiger partial charge is 0.267 e. The van der Waals surface area contributed by atoms with Crippen molar-refractivity contribution in [3.63, 3.8) is 0 Å². The molecule has 1 atom stereocenters. The zero-order valence-corrected chi connectivity index (χ0v) is 15.1. The first-order chi connectivity index (χ1) is 12.1. The van der Waals surface area contributed by atoms with E-state index in [1.165, 1.54) is 0 Å². The molecule has 2 aromatic rings. The minimum atomic E-state index is -0.0596. The molecule has 2 aromatic heterocycles. The first kappa shape index (κ1) is 16.4. The van der Waals surface area contributed by atoms with Crippen LogP contribution in [0.3, 0.4) is 0 Å². The predicted molar refractivity (Wildman–Crippen MR) is 93.8 cm³/mol. The number of hydrogen-bond acceptors (Lipinski definition) is 6. The Morgan fingerprint density at radius 2 is 2.16 bits per heavy atom. The molecule has 8 heteroatoms. The van der Waals surface area contributed by atoms with Crippen LogP contribution in [0.25, 0.3) is 0 Å². The lowest BCUT2D eigenvalue weighted by Gasteiger charge is -2.25. The average molecular weight is 359 g/mol. The molecule has 0 spiro atoms. The SMILES string of the molecule is Cc1nnsc1C(=O)N1CCCC1Cn1nc2c(cc1=O)CCCC2. The van der Waals surface area contributed by atoms with Crippen LogP contribution in [0.2, 0.25) is 0 Å². The monoisotopic (exact) mass is 359 g/mol. The highest BCUT2D eigenvalue weighted by Gasteiger charge is 2.32. The fourth-order valence-electron chi connectivity index (χ4n) is 3.78. The molecule has 1 saturated heterocycles. The van der Waals surface area contributed by atoms with Crippen molar-refractivity contribution in [2.75, 3.05) is 6.54 Å². The van der Waals surface area contributed by atoms with Crippen molar-refractivity contribution in [2.24, 2.45) is 0 Å². The number of nitrogens with zero attached hydrogens (tertiary/aromatic N) is 5. The molecule has 132 valence electrons. The van der Waals surface area contributed by atoms with Crippen molar-refractivity contribution in [2.45, 2.75) is 58.0 Å². The highest BCUT2D eigenvalue weighted by atomic mass is 32.1. The van der Waals surface area contributed by atoms with Gasteiger partial charge in [0.15, 0.2) is 0 Å². The van der Waals surface area contributed by atoms with Gasteiger partial charge in [-0.3, -0.25) is 9.59 Å². The van der Waals surface area contributed by atoms with Crippen LogP contribution >= 0.6 is 11.5 Å². The van der Waals surface area contributed by atoms with Crippen molar-refractivity contribution in [3.8, 4) is 0 Å². The van der Waals surface area contributed by atoms with Crippen LogP contribution < -0.4 is 5.56 Å². The Morgan fingerprint density at radius 3 is 2.96 bits per heavy atom. The van der Waals surface area contributed by atoms with E-state index in [0.29, 0.717) is 23.7 Å². The van der Waals surface area contributed by atoms with Crippen molar-refractivity contribution < 1.29 is 4.79 Å². The minimum absolute atomic E-state index is 0.000778. The minimum Gasteiger partial charge on any atom is -0.333 e. The molecule has 7 nitrogen and oxygen atoms in total. The highest BCUT2D eigenvalue weighted by Crippen LogP contribution is 2.24. The van der Waals surface area contributed by atoms with Crippen molar-refractivity contribution >= 4 is 17.4 Å². The molecule has 0 saturated carbocycles. The van der Waals surface area contributed by atoms with E-state index in [0.717, 1.165) is 61.3 Å². The molecule has 1 aliphatic carbocycles. The van der Waals surface area contributed by atoms with Crippen LogP contribution in [0.5, 0.6) is 0 Å². The molecule has 3 heterocycles. The summed E-state index contributed by atoms with van der Waals surface area (Å²) in [4.78, 5) is 27.7. The Balaban J connectivity index is 1.57. The van der Waals surface area contributed by atoms with E-state index in [4.69, 9.17) is 0 Å². The topological polar surface area (TPSA) is 81.0 Å². The number of likely N-dealkylation sites (tertiary alicyclic amines) is 1. The largest absolute Gasteiger partial charge is 0.333 e. The maximum Gasteiger partial charge on any atom is 0.267 e. The molecule has 1 amide bonds. The predicted octanol–water partition coefficient (Wildman–Crippen LogP) is 1.59. The maximum atomic E-state index is 12.8.